The van der Waals surface area contributed by atoms with Crippen LogP contribution in [0.3, 0.4) is 0 Å². The van der Waals surface area contributed by atoms with Gasteiger partial charge in [-0.25, -0.2) is 0 Å². The van der Waals surface area contributed by atoms with E-state index in [0.717, 1.165) is 11.3 Å². The highest BCUT2D eigenvalue weighted by atomic mass is 16.5. The summed E-state index contributed by atoms with van der Waals surface area (Å²) in [6, 6.07) is 14.5. The summed E-state index contributed by atoms with van der Waals surface area (Å²) in [4.78, 5) is 23.1. The second-order valence-electron chi connectivity index (χ2n) is 4.83. The normalized spacial score (nSPS) is 9.91. The molecule has 0 fully saturated rings. The first-order valence-corrected chi connectivity index (χ1v) is 6.91. The molecule has 0 aliphatic rings. The van der Waals surface area contributed by atoms with Crippen molar-refractivity contribution in [3.8, 4) is 5.75 Å². The fourth-order valence-corrected chi connectivity index (χ4v) is 1.93. The standard InChI is InChI=1S/C17H18N2O3/c1-12-7-3-4-8-14(12)19-17(21)11-22-16-10-6-5-9-15(16)18-13(2)20/h3-10H,11H2,1-2H3,(H,18,20)(H,19,21). The smallest absolute Gasteiger partial charge is 0.262 e. The van der Waals surface area contributed by atoms with Gasteiger partial charge in [0.2, 0.25) is 5.91 Å². The van der Waals surface area contributed by atoms with Gasteiger partial charge in [0.1, 0.15) is 5.75 Å². The van der Waals surface area contributed by atoms with Crippen molar-refractivity contribution in [3.63, 3.8) is 0 Å². The Balaban J connectivity index is 1.97. The van der Waals surface area contributed by atoms with Gasteiger partial charge in [-0.15, -0.1) is 0 Å². The van der Waals surface area contributed by atoms with Gasteiger partial charge >= 0.3 is 0 Å². The summed E-state index contributed by atoms with van der Waals surface area (Å²) in [5, 5.41) is 5.45. The molecule has 114 valence electrons. The van der Waals surface area contributed by atoms with Gasteiger partial charge in [-0.3, -0.25) is 9.59 Å². The van der Waals surface area contributed by atoms with Crippen LogP contribution in [0.15, 0.2) is 48.5 Å². The minimum absolute atomic E-state index is 0.134. The third-order valence-corrected chi connectivity index (χ3v) is 2.98. The van der Waals surface area contributed by atoms with Crippen LogP contribution in [0, 0.1) is 6.92 Å². The van der Waals surface area contributed by atoms with E-state index in [1.165, 1.54) is 6.92 Å². The summed E-state index contributed by atoms with van der Waals surface area (Å²) in [5.41, 5.74) is 2.28. The molecule has 0 radical (unpaired) electrons. The topological polar surface area (TPSA) is 67.4 Å². The molecule has 0 atom stereocenters. The van der Waals surface area contributed by atoms with Crippen molar-refractivity contribution < 1.29 is 14.3 Å². The van der Waals surface area contributed by atoms with Gasteiger partial charge in [-0.05, 0) is 30.7 Å². The first-order chi connectivity index (χ1) is 10.6. The Labute approximate surface area is 129 Å². The van der Waals surface area contributed by atoms with Gasteiger partial charge in [-0.1, -0.05) is 30.3 Å². The minimum atomic E-state index is -0.257. The molecule has 0 aromatic heterocycles. The summed E-state index contributed by atoms with van der Waals surface area (Å²) in [5.74, 6) is 0.00461. The van der Waals surface area contributed by atoms with Gasteiger partial charge in [0, 0.05) is 12.6 Å². The van der Waals surface area contributed by atoms with E-state index in [1.807, 2.05) is 31.2 Å². The van der Waals surface area contributed by atoms with Crippen LogP contribution in [0.5, 0.6) is 5.75 Å². The molecule has 2 N–H and O–H groups in total. The number of rotatable bonds is 5. The Morgan fingerprint density at radius 2 is 1.59 bits per heavy atom. The number of hydrogen-bond donors (Lipinski definition) is 2. The third-order valence-electron chi connectivity index (χ3n) is 2.98. The molecular formula is C17H18N2O3. The van der Waals surface area contributed by atoms with E-state index < -0.39 is 0 Å². The van der Waals surface area contributed by atoms with E-state index in [1.54, 1.807) is 24.3 Å². The quantitative estimate of drug-likeness (QED) is 0.891. The summed E-state index contributed by atoms with van der Waals surface area (Å²) < 4.78 is 5.49. The molecule has 0 saturated carbocycles. The van der Waals surface area contributed by atoms with E-state index in [2.05, 4.69) is 10.6 Å². The van der Waals surface area contributed by atoms with E-state index in [9.17, 15) is 9.59 Å². The second kappa shape index (κ2) is 7.26. The fourth-order valence-electron chi connectivity index (χ4n) is 1.93. The molecule has 5 nitrogen and oxygen atoms in total. The van der Waals surface area contributed by atoms with Crippen molar-refractivity contribution >= 4 is 23.2 Å². The Morgan fingerprint density at radius 3 is 2.27 bits per heavy atom. The summed E-state index contributed by atoms with van der Waals surface area (Å²) in [6.45, 7) is 3.20. The van der Waals surface area contributed by atoms with Crippen molar-refractivity contribution in [2.24, 2.45) is 0 Å². The number of anilines is 2. The molecule has 2 rings (SSSR count). The number of nitrogens with one attached hydrogen (secondary N) is 2. The van der Waals surface area contributed by atoms with Crippen molar-refractivity contribution in [1.29, 1.82) is 0 Å². The average Bonchev–Trinajstić information content (AvgIpc) is 2.48. The molecule has 2 amide bonds. The molecule has 22 heavy (non-hydrogen) atoms. The highest BCUT2D eigenvalue weighted by Crippen LogP contribution is 2.23. The Bertz CT molecular complexity index is 683. The van der Waals surface area contributed by atoms with Gasteiger partial charge in [0.05, 0.1) is 5.69 Å². The van der Waals surface area contributed by atoms with Crippen LogP contribution < -0.4 is 15.4 Å². The second-order valence-corrected chi connectivity index (χ2v) is 4.83. The van der Waals surface area contributed by atoms with E-state index in [0.29, 0.717) is 11.4 Å². The third kappa shape index (κ3) is 4.34. The Morgan fingerprint density at radius 1 is 0.955 bits per heavy atom. The maximum atomic E-state index is 11.9. The zero-order valence-corrected chi connectivity index (χ0v) is 12.6. The van der Waals surface area contributed by atoms with Crippen LogP contribution in [0.1, 0.15) is 12.5 Å². The Kier molecular flexibility index (Phi) is 5.14. The van der Waals surface area contributed by atoms with Gasteiger partial charge < -0.3 is 15.4 Å². The van der Waals surface area contributed by atoms with Crippen LogP contribution in [0.2, 0.25) is 0 Å². The minimum Gasteiger partial charge on any atom is -0.482 e. The number of ether oxygens (including phenoxy) is 1. The van der Waals surface area contributed by atoms with Crippen molar-refractivity contribution in [2.45, 2.75) is 13.8 Å². The Hall–Kier alpha value is -2.82. The van der Waals surface area contributed by atoms with E-state index in [4.69, 9.17) is 4.74 Å². The number of amides is 2. The predicted octanol–water partition coefficient (Wildman–Crippen LogP) is 2.97. The lowest BCUT2D eigenvalue weighted by Crippen LogP contribution is -2.21. The number of hydrogen-bond acceptors (Lipinski definition) is 3. The lowest BCUT2D eigenvalue weighted by molar-refractivity contribution is -0.118. The molecule has 0 heterocycles. The average molecular weight is 298 g/mol. The van der Waals surface area contributed by atoms with Crippen LogP contribution in [-0.4, -0.2) is 18.4 Å². The van der Waals surface area contributed by atoms with Crippen LogP contribution in [0.25, 0.3) is 0 Å². The number of carbonyl (C=O) groups is 2. The highest BCUT2D eigenvalue weighted by Gasteiger charge is 2.08. The van der Waals surface area contributed by atoms with E-state index >= 15 is 0 Å². The molecule has 0 aliphatic heterocycles. The molecule has 0 bridgehead atoms. The lowest BCUT2D eigenvalue weighted by Gasteiger charge is -2.12. The molecule has 0 spiro atoms. The zero-order valence-electron chi connectivity index (χ0n) is 12.6. The van der Waals surface area contributed by atoms with Crippen LogP contribution in [0.4, 0.5) is 11.4 Å². The summed E-state index contributed by atoms with van der Waals surface area (Å²) in [6.07, 6.45) is 0. The molecule has 2 aromatic rings. The maximum absolute atomic E-state index is 11.9. The molecular weight excluding hydrogens is 280 g/mol. The number of para-hydroxylation sites is 3. The number of carbonyl (C=O) groups excluding carboxylic acids is 2. The molecule has 0 aliphatic carbocycles. The molecule has 5 heteroatoms. The predicted molar refractivity (Wildman–Crippen MR) is 86.0 cm³/mol. The van der Waals surface area contributed by atoms with Gasteiger partial charge in [-0.2, -0.15) is 0 Å². The monoisotopic (exact) mass is 298 g/mol. The van der Waals surface area contributed by atoms with E-state index in [-0.39, 0.29) is 18.4 Å². The first kappa shape index (κ1) is 15.6. The fraction of sp³-hybridized carbons (Fsp3) is 0.176. The van der Waals surface area contributed by atoms with Crippen molar-refractivity contribution in [1.82, 2.24) is 0 Å². The lowest BCUT2D eigenvalue weighted by atomic mass is 10.2. The molecule has 0 saturated heterocycles. The molecule has 2 aromatic carbocycles. The van der Waals surface area contributed by atoms with Crippen molar-refractivity contribution in [3.05, 3.63) is 54.1 Å². The largest absolute Gasteiger partial charge is 0.482 e. The van der Waals surface area contributed by atoms with Crippen LogP contribution in [-0.2, 0) is 9.59 Å². The first-order valence-electron chi connectivity index (χ1n) is 6.91. The highest BCUT2D eigenvalue weighted by molar-refractivity contribution is 5.93. The van der Waals surface area contributed by atoms with Crippen molar-refractivity contribution in [2.75, 3.05) is 17.2 Å². The van der Waals surface area contributed by atoms with Gasteiger partial charge in [0.25, 0.3) is 5.91 Å². The summed E-state index contributed by atoms with van der Waals surface area (Å²) in [7, 11) is 0. The zero-order chi connectivity index (χ0) is 15.9. The summed E-state index contributed by atoms with van der Waals surface area (Å²) >= 11 is 0. The molecule has 0 unspecified atom stereocenters. The van der Waals surface area contributed by atoms with Gasteiger partial charge in [0.15, 0.2) is 6.61 Å². The van der Waals surface area contributed by atoms with Crippen LogP contribution >= 0.6 is 0 Å². The maximum Gasteiger partial charge on any atom is 0.262 e. The number of benzene rings is 2. The number of aryl methyl sites for hydroxylation is 1. The SMILES string of the molecule is CC(=O)Nc1ccccc1OCC(=O)Nc1ccccc1C.